The topological polar surface area (TPSA) is 169 Å². The number of Topliss-reactive ketones (excluding diaryl/α,β-unsaturated/α-hetero) is 1. The van der Waals surface area contributed by atoms with Crippen LogP contribution in [-0.2, 0) is 37.5 Å². The minimum Gasteiger partial charge on any atom is -0.756 e. The summed E-state index contributed by atoms with van der Waals surface area (Å²) in [4.78, 5) is 50.5. The van der Waals surface area contributed by atoms with Crippen molar-refractivity contribution >= 4 is 25.5 Å². The average Bonchev–Trinajstić information content (AvgIpc) is 3.47. The highest BCUT2D eigenvalue weighted by atomic mass is 31.2. The molecule has 1 saturated carbocycles. The number of hydrogen-bond acceptors (Lipinski definition) is 11. The summed E-state index contributed by atoms with van der Waals surface area (Å²) in [5.41, 5.74) is 0. The maximum absolute atomic E-state index is 12.8. The number of phosphoric ester groups is 1. The molecule has 1 aliphatic rings. The standard InChI is InChI=1S/C48H90NO11P/c1-6-8-10-11-12-13-14-15-16-17-18-19-20-21-22-23-29-33-48(54)60-42(40-59-61(55,56)58-37-36-49(3,4)5)39-57-47(53)32-28-25-24-27-31-43-44(46(52)38-45(43)51)35-34-41(50)30-26-9-7-2/h34-35,41-44,46,50,52H,6-33,36-40H2,1-5H3/b35-34+/t41-,42+,43+,44+,46+/m0/s1. The molecule has 0 aromatic rings. The predicted molar refractivity (Wildman–Crippen MR) is 242 cm³/mol. The van der Waals surface area contributed by atoms with Crippen LogP contribution in [0.4, 0.5) is 0 Å². The van der Waals surface area contributed by atoms with E-state index < -0.39 is 44.7 Å². The van der Waals surface area contributed by atoms with Crippen molar-refractivity contribution in [3.8, 4) is 0 Å². The number of aliphatic hydroxyl groups is 2. The molecule has 0 aromatic carbocycles. The first-order valence-electron chi connectivity index (χ1n) is 24.5. The van der Waals surface area contributed by atoms with E-state index in [-0.39, 0.29) is 50.1 Å². The largest absolute Gasteiger partial charge is 0.756 e. The molecule has 6 atom stereocenters. The van der Waals surface area contributed by atoms with Crippen LogP contribution in [0.25, 0.3) is 0 Å². The number of rotatable bonds is 41. The summed E-state index contributed by atoms with van der Waals surface area (Å²) in [5, 5.41) is 20.8. The van der Waals surface area contributed by atoms with Crippen LogP contribution in [0.2, 0.25) is 0 Å². The van der Waals surface area contributed by atoms with Gasteiger partial charge < -0.3 is 38.1 Å². The maximum Gasteiger partial charge on any atom is 0.306 e. The van der Waals surface area contributed by atoms with Crippen molar-refractivity contribution in [2.75, 3.05) is 47.5 Å². The fraction of sp³-hybridized carbons (Fsp3) is 0.896. The minimum absolute atomic E-state index is 0.0507. The summed E-state index contributed by atoms with van der Waals surface area (Å²) in [6, 6.07) is 0. The van der Waals surface area contributed by atoms with Gasteiger partial charge in [-0.05, 0) is 25.7 Å². The van der Waals surface area contributed by atoms with E-state index in [2.05, 4.69) is 13.8 Å². The molecule has 1 fully saturated rings. The lowest BCUT2D eigenvalue weighted by Gasteiger charge is -2.28. The first-order valence-corrected chi connectivity index (χ1v) is 26.0. The lowest BCUT2D eigenvalue weighted by Crippen LogP contribution is -2.37. The number of unbranched alkanes of at least 4 members (excludes halogenated alkanes) is 21. The molecule has 0 aliphatic heterocycles. The van der Waals surface area contributed by atoms with Gasteiger partial charge in [0.25, 0.3) is 7.82 Å². The number of carbonyl (C=O) groups is 3. The van der Waals surface area contributed by atoms with E-state index in [1.807, 2.05) is 27.2 Å². The van der Waals surface area contributed by atoms with Crippen molar-refractivity contribution in [2.24, 2.45) is 11.8 Å². The Morgan fingerprint density at radius 3 is 1.77 bits per heavy atom. The van der Waals surface area contributed by atoms with Crippen molar-refractivity contribution < 1.29 is 57.1 Å². The molecule has 0 saturated heterocycles. The van der Waals surface area contributed by atoms with Gasteiger partial charge in [-0.3, -0.25) is 18.9 Å². The van der Waals surface area contributed by atoms with Gasteiger partial charge in [0, 0.05) is 31.1 Å². The zero-order valence-corrected chi connectivity index (χ0v) is 40.2. The Morgan fingerprint density at radius 1 is 0.738 bits per heavy atom. The SMILES string of the molecule is CCCCCCCCCCCCCCCCCCCC(=O)O[C@H](COC(=O)CCCCCC[C@H]1C(=O)C[C@@H](O)[C@@H]1/C=C/[C@@H](O)CCCCC)COP(=O)([O-])OCC[N+](C)(C)C. The van der Waals surface area contributed by atoms with E-state index in [4.69, 9.17) is 18.5 Å². The average molecular weight is 888 g/mol. The van der Waals surface area contributed by atoms with E-state index >= 15 is 0 Å². The maximum atomic E-state index is 12.8. The van der Waals surface area contributed by atoms with E-state index in [1.54, 1.807) is 6.08 Å². The Kier molecular flexibility index (Phi) is 33.5. The molecular weight excluding hydrogens is 797 g/mol. The molecule has 2 N–H and O–H groups in total. The number of nitrogens with zero attached hydrogens (tertiary/aromatic N) is 1. The summed E-state index contributed by atoms with van der Waals surface area (Å²) in [7, 11) is 1.04. The molecule has 1 unspecified atom stereocenters. The molecule has 13 heteroatoms. The number of aliphatic hydroxyl groups excluding tert-OH is 2. The highest BCUT2D eigenvalue weighted by Gasteiger charge is 2.39. The van der Waals surface area contributed by atoms with Crippen LogP contribution in [0.3, 0.4) is 0 Å². The lowest BCUT2D eigenvalue weighted by molar-refractivity contribution is -0.870. The second-order valence-corrected chi connectivity index (χ2v) is 20.0. The van der Waals surface area contributed by atoms with Crippen LogP contribution in [0.1, 0.15) is 200 Å². The number of quaternary nitrogens is 1. The third kappa shape index (κ3) is 32.6. The monoisotopic (exact) mass is 888 g/mol. The normalized spacial score (nSPS) is 19.0. The smallest absolute Gasteiger partial charge is 0.306 e. The Hall–Kier alpha value is -1.66. The highest BCUT2D eigenvalue weighted by Crippen LogP contribution is 2.38. The van der Waals surface area contributed by atoms with Crippen LogP contribution in [0.15, 0.2) is 12.2 Å². The molecular formula is C48H90NO11P. The van der Waals surface area contributed by atoms with Crippen molar-refractivity contribution in [1.82, 2.24) is 0 Å². The first kappa shape index (κ1) is 57.4. The Morgan fingerprint density at radius 2 is 1.23 bits per heavy atom. The molecule has 0 aromatic heterocycles. The number of ether oxygens (including phenoxy) is 2. The summed E-state index contributed by atoms with van der Waals surface area (Å²) in [6.45, 7) is 3.88. The van der Waals surface area contributed by atoms with Gasteiger partial charge in [-0.15, -0.1) is 0 Å². The van der Waals surface area contributed by atoms with Crippen molar-refractivity contribution in [2.45, 2.75) is 218 Å². The number of carbonyl (C=O) groups excluding carboxylic acids is 3. The van der Waals surface area contributed by atoms with Crippen LogP contribution in [0, 0.1) is 11.8 Å². The second-order valence-electron chi connectivity index (χ2n) is 18.6. The fourth-order valence-corrected chi connectivity index (χ4v) is 8.52. The molecule has 1 aliphatic carbocycles. The third-order valence-corrected chi connectivity index (χ3v) is 12.6. The number of phosphoric acid groups is 1. The summed E-state index contributed by atoms with van der Waals surface area (Å²) >= 11 is 0. The van der Waals surface area contributed by atoms with Crippen molar-refractivity contribution in [3.05, 3.63) is 12.2 Å². The van der Waals surface area contributed by atoms with Crippen LogP contribution in [0.5, 0.6) is 0 Å². The Balaban J connectivity index is 2.41. The van der Waals surface area contributed by atoms with Gasteiger partial charge in [0.05, 0.1) is 40.0 Å². The number of ketones is 1. The summed E-state index contributed by atoms with van der Waals surface area (Å²) < 4.78 is 34.0. The van der Waals surface area contributed by atoms with Gasteiger partial charge in [0.1, 0.15) is 25.5 Å². The number of likely N-dealkylation sites (N-methyl/N-ethyl adjacent to an activating group) is 1. The first-order chi connectivity index (χ1) is 29.2. The molecule has 0 amide bonds. The number of hydrogen-bond donors (Lipinski definition) is 2. The zero-order valence-electron chi connectivity index (χ0n) is 39.3. The molecule has 0 heterocycles. The summed E-state index contributed by atoms with van der Waals surface area (Å²) in [5.74, 6) is -1.50. The van der Waals surface area contributed by atoms with Crippen molar-refractivity contribution in [1.29, 1.82) is 0 Å². The third-order valence-electron chi connectivity index (χ3n) is 11.7. The van der Waals surface area contributed by atoms with Gasteiger partial charge in [0.15, 0.2) is 6.10 Å². The molecule has 1 rings (SSSR count). The highest BCUT2D eigenvalue weighted by molar-refractivity contribution is 7.45. The quantitative estimate of drug-likeness (QED) is 0.0197. The predicted octanol–water partition coefficient (Wildman–Crippen LogP) is 10.1. The lowest BCUT2D eigenvalue weighted by atomic mass is 9.88. The van der Waals surface area contributed by atoms with Crippen molar-refractivity contribution in [3.63, 3.8) is 0 Å². The van der Waals surface area contributed by atoms with Crippen LogP contribution >= 0.6 is 7.82 Å². The van der Waals surface area contributed by atoms with Gasteiger partial charge >= 0.3 is 11.9 Å². The van der Waals surface area contributed by atoms with Crippen LogP contribution in [-0.4, -0.2) is 98.2 Å². The Labute approximate surface area is 371 Å². The zero-order chi connectivity index (χ0) is 45.2. The van der Waals surface area contributed by atoms with Gasteiger partial charge in [-0.1, -0.05) is 167 Å². The van der Waals surface area contributed by atoms with E-state index in [0.717, 1.165) is 57.8 Å². The molecule has 0 radical (unpaired) electrons. The van der Waals surface area contributed by atoms with Gasteiger partial charge in [-0.25, -0.2) is 0 Å². The second kappa shape index (κ2) is 35.7. The molecule has 61 heavy (non-hydrogen) atoms. The van der Waals surface area contributed by atoms with E-state index in [0.29, 0.717) is 36.7 Å². The van der Waals surface area contributed by atoms with Gasteiger partial charge in [-0.2, -0.15) is 0 Å². The van der Waals surface area contributed by atoms with Crippen LogP contribution < -0.4 is 4.89 Å². The minimum atomic E-state index is -4.68. The van der Waals surface area contributed by atoms with E-state index in [9.17, 15) is 34.1 Å². The summed E-state index contributed by atoms with van der Waals surface area (Å²) in [6.07, 6.45) is 29.9. The fourth-order valence-electron chi connectivity index (χ4n) is 7.79. The van der Waals surface area contributed by atoms with E-state index in [1.165, 1.54) is 83.5 Å². The molecule has 358 valence electrons. The van der Waals surface area contributed by atoms with Gasteiger partial charge in [0.2, 0.25) is 0 Å². The molecule has 0 bridgehead atoms. The molecule has 12 nitrogen and oxygen atoms in total. The Bertz CT molecular complexity index is 1210. The number of esters is 2. The molecule has 0 spiro atoms.